The number of alkyl carbamates (subject to hydrolysis) is 1. The highest BCUT2D eigenvalue weighted by atomic mass is 32.1. The van der Waals surface area contributed by atoms with E-state index in [9.17, 15) is 33.9 Å². The van der Waals surface area contributed by atoms with Crippen molar-refractivity contribution < 1.29 is 52.9 Å². The van der Waals surface area contributed by atoms with E-state index in [1.165, 1.54) is 24.1 Å². The van der Waals surface area contributed by atoms with Crippen molar-refractivity contribution in [1.82, 2.24) is 25.8 Å². The van der Waals surface area contributed by atoms with Gasteiger partial charge in [-0.15, -0.1) is 11.3 Å². The first kappa shape index (κ1) is 35.8. The van der Waals surface area contributed by atoms with E-state index < -0.39 is 76.8 Å². The second-order valence-corrected chi connectivity index (χ2v) is 13.7. The van der Waals surface area contributed by atoms with Crippen LogP contribution in [0.25, 0.3) is 0 Å². The number of carboxylic acid groups (broad SMARTS) is 1. The molecule has 0 radical (unpaired) electrons. The lowest BCUT2D eigenvalue weighted by molar-refractivity contribution is -0.161. The van der Waals surface area contributed by atoms with Crippen LogP contribution in [0, 0.1) is 0 Å². The van der Waals surface area contributed by atoms with E-state index in [0.717, 1.165) is 11.3 Å². The normalized spacial score (nSPS) is 20.1. The van der Waals surface area contributed by atoms with Gasteiger partial charge in [-0.3, -0.25) is 14.9 Å². The molecule has 2 aliphatic heterocycles. The Morgan fingerprint density at radius 2 is 1.72 bits per heavy atom. The molecule has 5 N–H and O–H groups in total. The maximum atomic E-state index is 13.4. The second-order valence-electron chi connectivity index (χ2n) is 12.9. The highest BCUT2D eigenvalue weighted by Gasteiger charge is 2.45. The SMILES string of the molecule is CC(C)(C)OC(=O)NC[C@H]1CN(C[C@H]2NC(=O)[C@H]2NC(=O)/C(=N\OC(C)(C)C(=O)O)c2csc(NC(=O)OC(C)(C)C)n2)C(=O)O1. The number of carbonyl (C=O) groups is 6. The van der Waals surface area contributed by atoms with E-state index in [0.29, 0.717) is 0 Å². The number of rotatable bonds is 11. The van der Waals surface area contributed by atoms with Crippen LogP contribution in [0.15, 0.2) is 10.5 Å². The van der Waals surface area contributed by atoms with E-state index in [-0.39, 0.29) is 30.5 Å². The number of cyclic esters (lactones) is 1. The number of oxime groups is 1. The number of carboxylic acids is 1. The Hall–Kier alpha value is -4.68. The Morgan fingerprint density at radius 3 is 2.30 bits per heavy atom. The van der Waals surface area contributed by atoms with Gasteiger partial charge >= 0.3 is 24.2 Å². The van der Waals surface area contributed by atoms with Crippen LogP contribution in [-0.2, 0) is 33.4 Å². The smallest absolute Gasteiger partial charge is 0.413 e. The summed E-state index contributed by atoms with van der Waals surface area (Å²) in [4.78, 5) is 84.6. The van der Waals surface area contributed by atoms with Crippen molar-refractivity contribution in [3.63, 3.8) is 0 Å². The number of hydrogen-bond donors (Lipinski definition) is 5. The van der Waals surface area contributed by atoms with Crippen molar-refractivity contribution in [3.8, 4) is 0 Å². The topological polar surface area (TPSA) is 236 Å². The molecule has 2 aliphatic rings. The lowest BCUT2D eigenvalue weighted by Gasteiger charge is -2.38. The first-order valence-corrected chi connectivity index (χ1v) is 15.0. The van der Waals surface area contributed by atoms with Crippen LogP contribution in [0.3, 0.4) is 0 Å². The number of carbonyl (C=O) groups excluding carboxylic acids is 5. The lowest BCUT2D eigenvalue weighted by Crippen LogP contribution is -2.72. The fourth-order valence-electron chi connectivity index (χ4n) is 3.78. The molecule has 3 rings (SSSR count). The first-order chi connectivity index (χ1) is 21.1. The third-order valence-corrected chi connectivity index (χ3v) is 6.75. The minimum absolute atomic E-state index is 0.000721. The summed E-state index contributed by atoms with van der Waals surface area (Å²) in [6.45, 7) is 12.7. The van der Waals surface area contributed by atoms with Gasteiger partial charge in [-0.1, -0.05) is 5.16 Å². The molecule has 0 aliphatic carbocycles. The summed E-state index contributed by atoms with van der Waals surface area (Å²) in [5, 5.41) is 24.7. The van der Waals surface area contributed by atoms with Gasteiger partial charge in [-0.25, -0.2) is 24.2 Å². The molecule has 1 aromatic rings. The number of nitrogens with one attached hydrogen (secondary N) is 4. The van der Waals surface area contributed by atoms with Gasteiger partial charge in [0.1, 0.15) is 29.0 Å². The third-order valence-electron chi connectivity index (χ3n) is 5.99. The van der Waals surface area contributed by atoms with Crippen molar-refractivity contribution >= 4 is 58.2 Å². The minimum atomic E-state index is -1.83. The molecule has 2 fully saturated rings. The molecule has 0 aromatic carbocycles. The number of nitrogens with zero attached hydrogens (tertiary/aromatic N) is 3. The van der Waals surface area contributed by atoms with Gasteiger partial charge in [-0.05, 0) is 55.4 Å². The summed E-state index contributed by atoms with van der Waals surface area (Å²) in [6, 6.07) is -1.84. The lowest BCUT2D eigenvalue weighted by atomic mass is 9.98. The largest absolute Gasteiger partial charge is 0.478 e. The van der Waals surface area contributed by atoms with Crippen LogP contribution in [-0.4, -0.2) is 111 Å². The summed E-state index contributed by atoms with van der Waals surface area (Å²) in [6.07, 6.45) is -2.82. The Labute approximate surface area is 268 Å². The molecule has 0 unspecified atom stereocenters. The van der Waals surface area contributed by atoms with Crippen molar-refractivity contribution in [2.45, 2.75) is 90.4 Å². The molecule has 3 atom stereocenters. The molecule has 18 nitrogen and oxygen atoms in total. The zero-order valence-corrected chi connectivity index (χ0v) is 27.5. The Kier molecular flexibility index (Phi) is 10.7. The molecule has 46 heavy (non-hydrogen) atoms. The summed E-state index contributed by atoms with van der Waals surface area (Å²) < 4.78 is 15.7. The van der Waals surface area contributed by atoms with E-state index in [1.54, 1.807) is 41.5 Å². The Morgan fingerprint density at radius 1 is 1.09 bits per heavy atom. The molecule has 0 bridgehead atoms. The Balaban J connectivity index is 1.68. The molecule has 2 saturated heterocycles. The van der Waals surface area contributed by atoms with Crippen molar-refractivity contribution in [1.29, 1.82) is 0 Å². The van der Waals surface area contributed by atoms with E-state index >= 15 is 0 Å². The zero-order valence-electron chi connectivity index (χ0n) is 26.7. The maximum absolute atomic E-state index is 13.4. The predicted octanol–water partition coefficient (Wildman–Crippen LogP) is 1.40. The highest BCUT2D eigenvalue weighted by Crippen LogP contribution is 2.21. The van der Waals surface area contributed by atoms with Crippen molar-refractivity contribution in [2.24, 2.45) is 5.16 Å². The molecule has 0 saturated carbocycles. The third kappa shape index (κ3) is 10.2. The van der Waals surface area contributed by atoms with E-state index in [1.807, 2.05) is 0 Å². The number of anilines is 1. The number of aromatic nitrogens is 1. The highest BCUT2D eigenvalue weighted by molar-refractivity contribution is 7.14. The van der Waals surface area contributed by atoms with Crippen LogP contribution in [0.4, 0.5) is 19.5 Å². The molecule has 19 heteroatoms. The standard InChI is InChI=1S/C27H39N7O11S/c1-25(2,3)43-22(39)28-9-13-10-34(24(41)42-13)11-14-16(18(35)29-14)31-19(36)17(33-45-27(7,8)20(37)38)15-12-46-21(30-15)32-23(40)44-26(4,5)6/h12-14,16H,9-11H2,1-8H3,(H,28,39)(H,29,35)(H,31,36)(H,37,38)(H,30,32,40)/b33-17-/t13-,14+,16-/m0/s1. The van der Waals surface area contributed by atoms with Gasteiger partial charge in [0.2, 0.25) is 11.5 Å². The van der Waals surface area contributed by atoms with Crippen molar-refractivity contribution in [2.75, 3.05) is 25.0 Å². The molecule has 0 spiro atoms. The summed E-state index contributed by atoms with van der Waals surface area (Å²) in [5.74, 6) is -2.86. The molecular formula is C27H39N7O11S. The number of β-lactam (4-membered cyclic amide) rings is 1. The molecule has 5 amide bonds. The fraction of sp³-hybridized carbons (Fsp3) is 0.630. The predicted molar refractivity (Wildman–Crippen MR) is 161 cm³/mol. The van der Waals surface area contributed by atoms with Gasteiger partial charge in [0.15, 0.2) is 10.8 Å². The van der Waals surface area contributed by atoms with Gasteiger partial charge in [-0.2, -0.15) is 0 Å². The van der Waals surface area contributed by atoms with E-state index in [4.69, 9.17) is 19.0 Å². The van der Waals surface area contributed by atoms with Crippen LogP contribution in [0.2, 0.25) is 0 Å². The number of hydrogen-bond acceptors (Lipinski definition) is 13. The molecule has 1 aromatic heterocycles. The second kappa shape index (κ2) is 13.8. The summed E-state index contributed by atoms with van der Waals surface area (Å²) in [7, 11) is 0. The zero-order chi connectivity index (χ0) is 34.6. The summed E-state index contributed by atoms with van der Waals surface area (Å²) in [5.41, 5.74) is -3.88. The fourth-order valence-corrected chi connectivity index (χ4v) is 4.46. The number of aliphatic carboxylic acids is 1. The number of amides is 5. The number of thiazole rings is 1. The number of ether oxygens (including phenoxy) is 3. The van der Waals surface area contributed by atoms with Crippen LogP contribution >= 0.6 is 11.3 Å². The van der Waals surface area contributed by atoms with Crippen LogP contribution in [0.5, 0.6) is 0 Å². The minimum Gasteiger partial charge on any atom is -0.478 e. The van der Waals surface area contributed by atoms with Gasteiger partial charge in [0, 0.05) is 11.9 Å². The van der Waals surface area contributed by atoms with E-state index in [2.05, 4.69) is 31.4 Å². The monoisotopic (exact) mass is 669 g/mol. The summed E-state index contributed by atoms with van der Waals surface area (Å²) >= 11 is 0.932. The maximum Gasteiger partial charge on any atom is 0.413 e. The molecule has 3 heterocycles. The molecule has 254 valence electrons. The van der Waals surface area contributed by atoms with Gasteiger partial charge in [0.25, 0.3) is 5.91 Å². The van der Waals surface area contributed by atoms with Gasteiger partial charge in [0.05, 0.1) is 19.1 Å². The van der Waals surface area contributed by atoms with Gasteiger partial charge < -0.3 is 45.0 Å². The van der Waals surface area contributed by atoms with Crippen LogP contribution < -0.4 is 21.3 Å². The van der Waals surface area contributed by atoms with Crippen LogP contribution in [0.1, 0.15) is 61.1 Å². The first-order valence-electron chi connectivity index (χ1n) is 14.1. The quantitative estimate of drug-likeness (QED) is 0.0973. The molecular weight excluding hydrogens is 630 g/mol. The average Bonchev–Trinajstić information content (AvgIpc) is 3.49. The Bertz CT molecular complexity index is 1400. The average molecular weight is 670 g/mol. The van der Waals surface area contributed by atoms with Crippen molar-refractivity contribution in [3.05, 3.63) is 11.1 Å².